The van der Waals surface area contributed by atoms with Gasteiger partial charge in [0.15, 0.2) is 0 Å². The molecule has 2 heterocycles. The summed E-state index contributed by atoms with van der Waals surface area (Å²) in [6.45, 7) is 11.1. The van der Waals surface area contributed by atoms with E-state index in [4.69, 9.17) is 4.74 Å². The molecule has 1 amide bonds. The molecular weight excluding hydrogens is 273 g/mol. The highest BCUT2D eigenvalue weighted by Crippen LogP contribution is 2.17. The normalized spacial score (nSPS) is 31.5. The summed E-state index contributed by atoms with van der Waals surface area (Å²) in [7, 11) is 0. The second kappa shape index (κ2) is 6.48. The topological polar surface area (TPSA) is 44.8 Å². The Kier molecular flexibility index (Phi) is 5.09. The smallest absolute Gasteiger partial charge is 0.410 e. The summed E-state index contributed by atoms with van der Waals surface area (Å²) in [6.07, 6.45) is -0.334. The maximum absolute atomic E-state index is 13.2. The molecule has 0 saturated carbocycles. The van der Waals surface area contributed by atoms with E-state index in [1.54, 1.807) is 4.90 Å². The van der Waals surface area contributed by atoms with Crippen molar-refractivity contribution in [3.63, 3.8) is 0 Å². The third kappa shape index (κ3) is 4.81. The fraction of sp³-hybridized carbons (Fsp3) is 0.933. The zero-order valence-corrected chi connectivity index (χ0v) is 13.6. The molecule has 0 bridgehead atoms. The highest BCUT2D eigenvalue weighted by atomic mass is 19.1. The predicted molar refractivity (Wildman–Crippen MR) is 80.1 cm³/mol. The van der Waals surface area contributed by atoms with Crippen molar-refractivity contribution in [1.29, 1.82) is 0 Å². The van der Waals surface area contributed by atoms with E-state index in [1.165, 1.54) is 0 Å². The molecule has 2 fully saturated rings. The minimum Gasteiger partial charge on any atom is -0.444 e. The number of piperazine rings is 1. The Morgan fingerprint density at radius 1 is 1.38 bits per heavy atom. The Balaban J connectivity index is 1.88. The number of hydrogen-bond donors (Lipinski definition) is 1. The summed E-state index contributed by atoms with van der Waals surface area (Å²) in [5, 5.41) is 3.44. The molecule has 0 radical (unpaired) electrons. The fourth-order valence-corrected chi connectivity index (χ4v) is 2.89. The lowest BCUT2D eigenvalue weighted by molar-refractivity contribution is 0.00815. The first kappa shape index (κ1) is 16.5. The van der Waals surface area contributed by atoms with E-state index in [0.29, 0.717) is 19.5 Å². The number of halogens is 1. The molecule has 122 valence electrons. The van der Waals surface area contributed by atoms with Gasteiger partial charge in [-0.25, -0.2) is 9.18 Å². The number of carbonyl (C=O) groups excluding carboxylic acids is 1. The van der Waals surface area contributed by atoms with Gasteiger partial charge in [0.2, 0.25) is 0 Å². The van der Waals surface area contributed by atoms with Crippen LogP contribution in [0.3, 0.4) is 0 Å². The van der Waals surface area contributed by atoms with Gasteiger partial charge in [0.25, 0.3) is 0 Å². The molecule has 0 aliphatic carbocycles. The first-order chi connectivity index (χ1) is 9.74. The Hall–Kier alpha value is -0.880. The summed E-state index contributed by atoms with van der Waals surface area (Å²) in [5.41, 5.74) is -0.479. The van der Waals surface area contributed by atoms with Gasteiger partial charge in [0, 0.05) is 44.8 Å². The third-order valence-electron chi connectivity index (χ3n) is 3.97. The van der Waals surface area contributed by atoms with Gasteiger partial charge < -0.3 is 15.0 Å². The lowest BCUT2D eigenvalue weighted by atomic mass is 10.1. The summed E-state index contributed by atoms with van der Waals surface area (Å²) in [5.74, 6) is 0. The van der Waals surface area contributed by atoms with Crippen LogP contribution < -0.4 is 5.32 Å². The Morgan fingerprint density at radius 3 is 2.67 bits per heavy atom. The molecule has 5 nitrogen and oxygen atoms in total. The van der Waals surface area contributed by atoms with Gasteiger partial charge in [0.05, 0.1) is 0 Å². The van der Waals surface area contributed by atoms with E-state index in [-0.39, 0.29) is 18.2 Å². The number of alkyl halides is 1. The van der Waals surface area contributed by atoms with E-state index >= 15 is 0 Å². The molecule has 6 heteroatoms. The average Bonchev–Trinajstić information content (AvgIpc) is 2.75. The number of hydrogen-bond acceptors (Lipinski definition) is 4. The molecule has 2 aliphatic rings. The number of amides is 1. The molecule has 21 heavy (non-hydrogen) atoms. The molecule has 0 aromatic rings. The Labute approximate surface area is 126 Å². The van der Waals surface area contributed by atoms with E-state index < -0.39 is 11.8 Å². The zero-order valence-electron chi connectivity index (χ0n) is 13.6. The summed E-state index contributed by atoms with van der Waals surface area (Å²) in [6, 6.07) is 0.294. The first-order valence-electron chi connectivity index (χ1n) is 7.84. The number of likely N-dealkylation sites (tertiary alicyclic amines) is 1. The van der Waals surface area contributed by atoms with Crippen molar-refractivity contribution >= 4 is 6.09 Å². The summed E-state index contributed by atoms with van der Waals surface area (Å²) in [4.78, 5) is 16.2. The molecule has 2 rings (SSSR count). The molecular formula is C15H28FN3O2. The van der Waals surface area contributed by atoms with Crippen molar-refractivity contribution in [2.75, 3.05) is 32.7 Å². The van der Waals surface area contributed by atoms with Crippen LogP contribution in [0.15, 0.2) is 0 Å². The highest BCUT2D eigenvalue weighted by molar-refractivity contribution is 5.68. The van der Waals surface area contributed by atoms with Crippen LogP contribution in [0, 0.1) is 0 Å². The van der Waals surface area contributed by atoms with Crippen LogP contribution >= 0.6 is 0 Å². The van der Waals surface area contributed by atoms with Crippen LogP contribution in [-0.2, 0) is 4.74 Å². The van der Waals surface area contributed by atoms with Gasteiger partial charge in [-0.05, 0) is 34.1 Å². The van der Waals surface area contributed by atoms with Crippen molar-refractivity contribution in [3.8, 4) is 0 Å². The van der Waals surface area contributed by atoms with Crippen molar-refractivity contribution in [2.45, 2.75) is 58.0 Å². The highest BCUT2D eigenvalue weighted by Gasteiger charge is 2.33. The van der Waals surface area contributed by atoms with E-state index in [9.17, 15) is 9.18 Å². The number of nitrogens with zero attached hydrogens (tertiary/aromatic N) is 2. The van der Waals surface area contributed by atoms with Crippen molar-refractivity contribution in [1.82, 2.24) is 15.1 Å². The van der Waals surface area contributed by atoms with Crippen LogP contribution in [0.2, 0.25) is 0 Å². The van der Waals surface area contributed by atoms with Gasteiger partial charge in [-0.15, -0.1) is 0 Å². The molecule has 2 saturated heterocycles. The Bertz CT molecular complexity index is 372. The second-order valence-electron chi connectivity index (χ2n) is 7.23. The van der Waals surface area contributed by atoms with E-state index in [0.717, 1.165) is 19.6 Å². The first-order valence-corrected chi connectivity index (χ1v) is 7.84. The second-order valence-corrected chi connectivity index (χ2v) is 7.23. The van der Waals surface area contributed by atoms with E-state index in [1.807, 2.05) is 27.7 Å². The molecule has 0 aromatic heterocycles. The summed E-state index contributed by atoms with van der Waals surface area (Å²) >= 11 is 0. The van der Waals surface area contributed by atoms with Gasteiger partial charge in [-0.1, -0.05) is 0 Å². The Morgan fingerprint density at radius 2 is 2.10 bits per heavy atom. The van der Waals surface area contributed by atoms with Gasteiger partial charge in [-0.3, -0.25) is 4.90 Å². The SMILES string of the molecule is C[C@@H]1CN[C@@H](CN2CC[C@H](F)C2)CN1C(=O)OC(C)(C)C. The van der Waals surface area contributed by atoms with Crippen LogP contribution in [-0.4, -0.2) is 72.5 Å². The van der Waals surface area contributed by atoms with Crippen molar-refractivity contribution in [3.05, 3.63) is 0 Å². The lowest BCUT2D eigenvalue weighted by Gasteiger charge is -2.40. The number of carbonyl (C=O) groups is 1. The number of ether oxygens (including phenoxy) is 1. The lowest BCUT2D eigenvalue weighted by Crippen LogP contribution is -2.60. The average molecular weight is 301 g/mol. The van der Waals surface area contributed by atoms with Gasteiger partial charge in [0.1, 0.15) is 11.8 Å². The van der Waals surface area contributed by atoms with E-state index in [2.05, 4.69) is 10.2 Å². The van der Waals surface area contributed by atoms with Crippen LogP contribution in [0.5, 0.6) is 0 Å². The van der Waals surface area contributed by atoms with Crippen molar-refractivity contribution < 1.29 is 13.9 Å². The quantitative estimate of drug-likeness (QED) is 0.842. The third-order valence-corrected chi connectivity index (χ3v) is 3.97. The zero-order chi connectivity index (χ0) is 15.6. The monoisotopic (exact) mass is 301 g/mol. The largest absolute Gasteiger partial charge is 0.444 e. The van der Waals surface area contributed by atoms with Crippen LogP contribution in [0.4, 0.5) is 9.18 Å². The molecule has 2 aliphatic heterocycles. The van der Waals surface area contributed by atoms with Crippen LogP contribution in [0.1, 0.15) is 34.1 Å². The number of rotatable bonds is 2. The maximum Gasteiger partial charge on any atom is 0.410 e. The molecule has 0 spiro atoms. The molecule has 1 N–H and O–H groups in total. The number of nitrogens with one attached hydrogen (secondary N) is 1. The molecule has 0 unspecified atom stereocenters. The fourth-order valence-electron chi connectivity index (χ4n) is 2.89. The molecule has 0 aromatic carbocycles. The molecule has 3 atom stereocenters. The minimum absolute atomic E-state index is 0.114. The van der Waals surface area contributed by atoms with Gasteiger partial charge >= 0.3 is 6.09 Å². The maximum atomic E-state index is 13.2. The standard InChI is InChI=1S/C15H28FN3O2/c1-11-7-17-13(9-18-6-5-12(16)8-18)10-19(11)14(20)21-15(2,3)4/h11-13,17H,5-10H2,1-4H3/t11-,12+,13+/m1/s1. The summed E-state index contributed by atoms with van der Waals surface area (Å²) < 4.78 is 18.7. The van der Waals surface area contributed by atoms with Crippen LogP contribution in [0.25, 0.3) is 0 Å². The predicted octanol–water partition coefficient (Wildman–Crippen LogP) is 1.63. The van der Waals surface area contributed by atoms with Gasteiger partial charge in [-0.2, -0.15) is 0 Å². The van der Waals surface area contributed by atoms with Crippen molar-refractivity contribution in [2.24, 2.45) is 0 Å². The minimum atomic E-state index is -0.700.